The van der Waals surface area contributed by atoms with Crippen LogP contribution in [0.15, 0.2) is 122 Å². The Morgan fingerprint density at radius 1 is 0.316 bits per heavy atom. The van der Waals surface area contributed by atoms with E-state index in [9.17, 15) is 19.0 Å². The van der Waals surface area contributed by atoms with Gasteiger partial charge in [-0.2, -0.15) is 0 Å². The summed E-state index contributed by atoms with van der Waals surface area (Å²) < 4.78 is 33.3. The lowest BCUT2D eigenvalue weighted by Gasteiger charge is -2.19. The van der Waals surface area contributed by atoms with E-state index < -0.39 is 26.5 Å². The number of nitrogens with two attached hydrogens (primary N) is 1. The molecule has 10 heteroatoms. The number of rotatable bonds is 75. The van der Waals surface area contributed by atoms with Crippen LogP contribution < -0.4 is 5.73 Å². The minimum atomic E-state index is -4.40. The van der Waals surface area contributed by atoms with Crippen molar-refractivity contribution in [1.29, 1.82) is 0 Å². The molecule has 0 saturated heterocycles. The lowest BCUT2D eigenvalue weighted by molar-refractivity contribution is -0.161. The molecule has 0 radical (unpaired) electrons. The van der Waals surface area contributed by atoms with Gasteiger partial charge in [-0.05, 0) is 103 Å². The quantitative estimate of drug-likeness (QED) is 0.0264. The van der Waals surface area contributed by atoms with Gasteiger partial charge in [-0.25, -0.2) is 4.57 Å². The Labute approximate surface area is 587 Å². The number of allylic oxidation sites excluding steroid dienone is 20. The second-order valence-corrected chi connectivity index (χ2v) is 28.0. The molecule has 2 atom stereocenters. The lowest BCUT2D eigenvalue weighted by atomic mass is 10.0. The van der Waals surface area contributed by atoms with E-state index in [1.165, 1.54) is 244 Å². The van der Waals surface area contributed by atoms with Crippen molar-refractivity contribution < 1.29 is 37.6 Å². The fourth-order valence-corrected chi connectivity index (χ4v) is 12.3. The van der Waals surface area contributed by atoms with Crippen LogP contribution in [0.2, 0.25) is 0 Å². The van der Waals surface area contributed by atoms with E-state index in [1.54, 1.807) is 0 Å². The van der Waals surface area contributed by atoms with E-state index in [2.05, 4.69) is 135 Å². The Bertz CT molecular complexity index is 1980. The van der Waals surface area contributed by atoms with Crippen LogP contribution in [0.25, 0.3) is 0 Å². The van der Waals surface area contributed by atoms with Crippen LogP contribution in [0.4, 0.5) is 0 Å². The molecule has 548 valence electrons. The highest BCUT2D eigenvalue weighted by molar-refractivity contribution is 7.47. The SMILES string of the molecule is CC/C=C\C/C=C\C/C=C\C/C=C\C/C=C\C/C=C\CCCCCCCCCCCCCCCCCCCCCCCCC(=O)OC(COC(=O)CCCCCCCCCCCCCCCCCCCCCC/C=C\C/C=C\C/C=C\C/C=C\CC)COP(=O)(O)OCCN. The number of hydrogen-bond donors (Lipinski definition) is 2. The van der Waals surface area contributed by atoms with Gasteiger partial charge in [0.25, 0.3) is 0 Å². The van der Waals surface area contributed by atoms with Crippen molar-refractivity contribution in [2.24, 2.45) is 5.73 Å². The maximum Gasteiger partial charge on any atom is 0.472 e. The molecule has 0 aromatic carbocycles. The van der Waals surface area contributed by atoms with E-state index in [1.807, 2.05) is 0 Å². The van der Waals surface area contributed by atoms with Crippen molar-refractivity contribution in [2.45, 2.75) is 380 Å². The first-order chi connectivity index (χ1) is 46.8. The molecule has 0 aromatic heterocycles. The Morgan fingerprint density at radius 3 is 0.811 bits per heavy atom. The van der Waals surface area contributed by atoms with Crippen LogP contribution in [0.3, 0.4) is 0 Å². The zero-order valence-electron chi connectivity index (χ0n) is 61.9. The molecular weight excluding hydrogens is 1190 g/mol. The number of phosphoric ester groups is 1. The smallest absolute Gasteiger partial charge is 0.462 e. The van der Waals surface area contributed by atoms with E-state index in [4.69, 9.17) is 24.3 Å². The molecule has 95 heavy (non-hydrogen) atoms. The van der Waals surface area contributed by atoms with Gasteiger partial charge in [-0.3, -0.25) is 18.6 Å². The Kier molecular flexibility index (Phi) is 76.4. The summed E-state index contributed by atoms with van der Waals surface area (Å²) in [6, 6.07) is 0. The van der Waals surface area contributed by atoms with Crippen molar-refractivity contribution in [2.75, 3.05) is 26.4 Å². The molecule has 0 saturated carbocycles. The monoisotopic (exact) mass is 1340 g/mol. The molecule has 0 spiro atoms. The predicted octanol–water partition coefficient (Wildman–Crippen LogP) is 27.0. The van der Waals surface area contributed by atoms with Gasteiger partial charge in [-0.15, -0.1) is 0 Å². The van der Waals surface area contributed by atoms with Crippen LogP contribution in [0.5, 0.6) is 0 Å². The summed E-state index contributed by atoms with van der Waals surface area (Å²) in [5.41, 5.74) is 5.42. The zero-order valence-corrected chi connectivity index (χ0v) is 62.8. The number of phosphoric acid groups is 1. The number of ether oxygens (including phenoxy) is 2. The Morgan fingerprint density at radius 2 is 0.547 bits per heavy atom. The highest BCUT2D eigenvalue weighted by Gasteiger charge is 2.26. The average Bonchev–Trinajstić information content (AvgIpc) is 2.75. The topological polar surface area (TPSA) is 134 Å². The zero-order chi connectivity index (χ0) is 68.6. The minimum Gasteiger partial charge on any atom is -0.462 e. The van der Waals surface area contributed by atoms with E-state index in [0.29, 0.717) is 6.42 Å². The summed E-state index contributed by atoms with van der Waals surface area (Å²) in [5, 5.41) is 0. The van der Waals surface area contributed by atoms with Crippen LogP contribution in [0, 0.1) is 0 Å². The summed E-state index contributed by atoms with van der Waals surface area (Å²) in [7, 11) is -4.40. The van der Waals surface area contributed by atoms with Gasteiger partial charge in [0.1, 0.15) is 6.61 Å². The normalized spacial score (nSPS) is 13.5. The van der Waals surface area contributed by atoms with Crippen molar-refractivity contribution in [1.82, 2.24) is 0 Å². The standard InChI is InChI=1S/C85H150NO8P/c1-3-5-7-9-11-13-15-17-19-21-23-25-27-29-31-33-35-37-38-39-40-41-42-43-44-46-48-50-52-54-56-58-60-62-64-66-68-70-72-74-76-78-85(88)94-83(82-93-95(89,90)92-80-79-86)81-91-84(87)77-75-73-71-69-67-65-63-61-59-57-55-53-51-49-47-45-36-34-32-30-28-26-24-22-20-18-16-14-12-10-8-6-4-2/h5-8,11-14,17-20,23-26,29,31,35,37,83H,3-4,9-10,15-16,21-22,27-28,30,32-34,36,38-82,86H2,1-2H3,(H,89,90)/b7-5-,8-6-,13-11-,14-12-,19-17-,20-18-,25-23-,26-24-,31-29-,37-35-. The highest BCUT2D eigenvalue weighted by Crippen LogP contribution is 2.43. The third-order valence-electron chi connectivity index (χ3n) is 17.3. The van der Waals surface area contributed by atoms with Crippen molar-refractivity contribution in [3.05, 3.63) is 122 Å². The van der Waals surface area contributed by atoms with Crippen LogP contribution >= 0.6 is 7.82 Å². The van der Waals surface area contributed by atoms with Crippen molar-refractivity contribution in [3.8, 4) is 0 Å². The van der Waals surface area contributed by atoms with E-state index >= 15 is 0 Å². The second-order valence-electron chi connectivity index (χ2n) is 26.5. The number of esters is 2. The van der Waals surface area contributed by atoms with Crippen molar-refractivity contribution in [3.63, 3.8) is 0 Å². The first kappa shape index (κ1) is 91.4. The first-order valence-corrected chi connectivity index (χ1v) is 41.5. The molecule has 0 aliphatic carbocycles. The van der Waals surface area contributed by atoms with Crippen LogP contribution in [0.1, 0.15) is 373 Å². The predicted molar refractivity (Wildman–Crippen MR) is 413 cm³/mol. The second kappa shape index (κ2) is 79.4. The molecule has 0 aliphatic rings. The molecule has 0 aromatic rings. The fourth-order valence-electron chi connectivity index (χ4n) is 11.5. The summed E-state index contributed by atoms with van der Waals surface area (Å²) in [6.07, 6.45) is 112. The van der Waals surface area contributed by atoms with Gasteiger partial charge in [0.2, 0.25) is 0 Å². The Hall–Kier alpha value is -3.59. The minimum absolute atomic E-state index is 0.0526. The van der Waals surface area contributed by atoms with Crippen LogP contribution in [-0.2, 0) is 32.7 Å². The molecular formula is C85H150NO8P. The first-order valence-electron chi connectivity index (χ1n) is 40.0. The molecule has 3 N–H and O–H groups in total. The van der Waals surface area contributed by atoms with E-state index in [0.717, 1.165) is 96.3 Å². The van der Waals surface area contributed by atoms with Gasteiger partial charge in [0.15, 0.2) is 6.10 Å². The van der Waals surface area contributed by atoms with Gasteiger partial charge in [0, 0.05) is 19.4 Å². The molecule has 9 nitrogen and oxygen atoms in total. The van der Waals surface area contributed by atoms with Gasteiger partial charge in [0.05, 0.1) is 13.2 Å². The lowest BCUT2D eigenvalue weighted by Crippen LogP contribution is -2.29. The summed E-state index contributed by atoms with van der Waals surface area (Å²) in [5.74, 6) is -0.811. The van der Waals surface area contributed by atoms with E-state index in [-0.39, 0.29) is 38.6 Å². The molecule has 0 rings (SSSR count). The maximum atomic E-state index is 12.8. The largest absolute Gasteiger partial charge is 0.472 e. The fraction of sp³-hybridized carbons (Fsp3) is 0.741. The maximum absolute atomic E-state index is 12.8. The van der Waals surface area contributed by atoms with Gasteiger partial charge in [-0.1, -0.05) is 379 Å². The number of hydrogen-bond acceptors (Lipinski definition) is 8. The van der Waals surface area contributed by atoms with Crippen molar-refractivity contribution >= 4 is 19.8 Å². The molecule has 0 fully saturated rings. The average molecular weight is 1350 g/mol. The number of carbonyl (C=O) groups is 2. The molecule has 0 aliphatic heterocycles. The summed E-state index contributed by atoms with van der Waals surface area (Å²) in [4.78, 5) is 35.5. The number of unbranched alkanes of at least 4 members (excludes halogenated alkanes) is 42. The summed E-state index contributed by atoms with van der Waals surface area (Å²) >= 11 is 0. The Balaban J connectivity index is 3.78. The molecule has 0 amide bonds. The highest BCUT2D eigenvalue weighted by atomic mass is 31.2. The summed E-state index contributed by atoms with van der Waals surface area (Å²) in [6.45, 7) is 3.57. The third-order valence-corrected chi connectivity index (χ3v) is 18.3. The molecule has 0 heterocycles. The van der Waals surface area contributed by atoms with Gasteiger partial charge < -0.3 is 20.1 Å². The number of carbonyl (C=O) groups excluding carboxylic acids is 2. The van der Waals surface area contributed by atoms with Gasteiger partial charge >= 0.3 is 19.8 Å². The molecule has 0 bridgehead atoms. The van der Waals surface area contributed by atoms with Crippen LogP contribution in [-0.4, -0.2) is 49.3 Å². The molecule has 2 unspecified atom stereocenters. The third kappa shape index (κ3) is 79.3.